The van der Waals surface area contributed by atoms with E-state index in [0.717, 1.165) is 22.9 Å². The molecule has 0 aliphatic heterocycles. The Kier molecular flexibility index (Phi) is 11.0. The van der Waals surface area contributed by atoms with Gasteiger partial charge in [-0.05, 0) is 62.2 Å². The molecule has 0 unspecified atom stereocenters. The molecule has 0 fully saturated rings. The van der Waals surface area contributed by atoms with Crippen LogP contribution in [0.25, 0.3) is 0 Å². The van der Waals surface area contributed by atoms with Crippen molar-refractivity contribution >= 4 is 23.5 Å². The lowest BCUT2D eigenvalue weighted by atomic mass is 10.2. The molecular weight excluding hydrogens is 431 g/mol. The third kappa shape index (κ3) is 8.99. The van der Waals surface area contributed by atoms with Crippen LogP contribution in [0.2, 0.25) is 0 Å². The summed E-state index contributed by atoms with van der Waals surface area (Å²) in [4.78, 5) is 0. The molecule has 27 heavy (non-hydrogen) atoms. The van der Waals surface area contributed by atoms with E-state index in [4.69, 9.17) is 18.5 Å². The summed E-state index contributed by atoms with van der Waals surface area (Å²) in [6, 6.07) is 3.70. The van der Waals surface area contributed by atoms with E-state index in [1.165, 1.54) is 12.8 Å². The van der Waals surface area contributed by atoms with E-state index in [2.05, 4.69) is 22.9 Å². The van der Waals surface area contributed by atoms with Gasteiger partial charge < -0.3 is 18.5 Å². The van der Waals surface area contributed by atoms with Gasteiger partial charge in [0, 0.05) is 5.56 Å². The van der Waals surface area contributed by atoms with Crippen LogP contribution >= 0.6 is 23.5 Å². The lowest BCUT2D eigenvalue weighted by molar-refractivity contribution is 0.141. The molecule has 0 bridgehead atoms. The standard InChI is InChI=1S/C20H34BrO5P/c1-7-8-9-10-11-24-20-12-17(19(23-6)13-18(20)21)14-27(22,25-15(2)3)26-16(4)5/h12-13,15-16H,7-11,14H2,1-6H3. The van der Waals surface area contributed by atoms with Crippen molar-refractivity contribution < 1.29 is 23.1 Å². The van der Waals surface area contributed by atoms with Crippen LogP contribution in [0.3, 0.4) is 0 Å². The number of ether oxygens (including phenoxy) is 2. The van der Waals surface area contributed by atoms with E-state index in [1.54, 1.807) is 7.11 Å². The molecule has 1 rings (SSSR count). The predicted octanol–water partition coefficient (Wildman–Crippen LogP) is 6.96. The van der Waals surface area contributed by atoms with Gasteiger partial charge in [-0.1, -0.05) is 26.2 Å². The van der Waals surface area contributed by atoms with Gasteiger partial charge >= 0.3 is 7.60 Å². The second-order valence-electron chi connectivity index (χ2n) is 7.08. The zero-order chi connectivity index (χ0) is 20.4. The van der Waals surface area contributed by atoms with Gasteiger partial charge in [0.15, 0.2) is 0 Å². The first-order chi connectivity index (χ1) is 12.7. The molecule has 5 nitrogen and oxygen atoms in total. The monoisotopic (exact) mass is 464 g/mol. The Morgan fingerprint density at radius 2 is 1.63 bits per heavy atom. The zero-order valence-corrected chi connectivity index (χ0v) is 19.9. The summed E-state index contributed by atoms with van der Waals surface area (Å²) in [5, 5.41) is 0. The average Bonchev–Trinajstić information content (AvgIpc) is 2.55. The van der Waals surface area contributed by atoms with E-state index in [-0.39, 0.29) is 18.4 Å². The Labute approximate surface area is 172 Å². The minimum Gasteiger partial charge on any atom is -0.496 e. The smallest absolute Gasteiger partial charge is 0.335 e. The molecule has 0 saturated heterocycles. The third-order valence-corrected chi connectivity index (χ3v) is 6.53. The molecule has 0 atom stereocenters. The Morgan fingerprint density at radius 3 is 2.15 bits per heavy atom. The highest BCUT2D eigenvalue weighted by molar-refractivity contribution is 9.10. The Morgan fingerprint density at radius 1 is 1.00 bits per heavy atom. The first kappa shape index (κ1) is 24.5. The SMILES string of the molecule is CCCCCCOc1cc(CP(=O)(OC(C)C)OC(C)C)c(OC)cc1Br. The van der Waals surface area contributed by atoms with E-state index >= 15 is 0 Å². The highest BCUT2D eigenvalue weighted by Crippen LogP contribution is 2.55. The van der Waals surface area contributed by atoms with Crippen molar-refractivity contribution in [2.24, 2.45) is 0 Å². The first-order valence-electron chi connectivity index (χ1n) is 9.65. The number of unbranched alkanes of at least 4 members (excludes halogenated alkanes) is 3. The van der Waals surface area contributed by atoms with Crippen molar-refractivity contribution in [3.63, 3.8) is 0 Å². The minimum atomic E-state index is -3.32. The van der Waals surface area contributed by atoms with Crippen LogP contribution < -0.4 is 9.47 Å². The summed E-state index contributed by atoms with van der Waals surface area (Å²) in [6.07, 6.45) is 4.28. The highest BCUT2D eigenvalue weighted by atomic mass is 79.9. The molecule has 0 spiro atoms. The molecule has 1 aromatic carbocycles. The fraction of sp³-hybridized carbons (Fsp3) is 0.700. The number of methoxy groups -OCH3 is 1. The Balaban J connectivity index is 3.01. The van der Waals surface area contributed by atoms with E-state index < -0.39 is 7.60 Å². The number of hydrogen-bond donors (Lipinski definition) is 0. The number of benzene rings is 1. The molecule has 0 saturated carbocycles. The molecule has 1 aromatic rings. The molecule has 0 N–H and O–H groups in total. The number of hydrogen-bond acceptors (Lipinski definition) is 5. The normalized spacial score (nSPS) is 12.0. The fourth-order valence-electron chi connectivity index (χ4n) is 2.66. The van der Waals surface area contributed by atoms with Gasteiger partial charge in [0.05, 0.1) is 36.6 Å². The van der Waals surface area contributed by atoms with Gasteiger partial charge in [-0.2, -0.15) is 0 Å². The van der Waals surface area contributed by atoms with Gasteiger partial charge in [-0.25, -0.2) is 0 Å². The van der Waals surface area contributed by atoms with Crippen LogP contribution in [-0.2, 0) is 19.8 Å². The summed E-state index contributed by atoms with van der Waals surface area (Å²) in [5.74, 6) is 1.34. The van der Waals surface area contributed by atoms with Gasteiger partial charge in [0.25, 0.3) is 0 Å². The van der Waals surface area contributed by atoms with Crippen LogP contribution in [-0.4, -0.2) is 25.9 Å². The van der Waals surface area contributed by atoms with Crippen LogP contribution in [0.5, 0.6) is 11.5 Å². The zero-order valence-electron chi connectivity index (χ0n) is 17.4. The molecule has 0 aromatic heterocycles. The van der Waals surface area contributed by atoms with Crippen molar-refractivity contribution in [2.75, 3.05) is 13.7 Å². The molecule has 0 radical (unpaired) electrons. The van der Waals surface area contributed by atoms with Crippen LogP contribution in [0.15, 0.2) is 16.6 Å². The largest absolute Gasteiger partial charge is 0.496 e. The lowest BCUT2D eigenvalue weighted by Crippen LogP contribution is -2.10. The van der Waals surface area contributed by atoms with Crippen molar-refractivity contribution in [3.8, 4) is 11.5 Å². The maximum absolute atomic E-state index is 13.2. The molecule has 0 heterocycles. The topological polar surface area (TPSA) is 54.0 Å². The molecule has 0 amide bonds. The molecule has 0 aliphatic carbocycles. The van der Waals surface area contributed by atoms with E-state index in [0.29, 0.717) is 18.1 Å². The summed E-state index contributed by atoms with van der Waals surface area (Å²) in [7, 11) is -1.73. The van der Waals surface area contributed by atoms with Crippen LogP contribution in [0.1, 0.15) is 65.9 Å². The van der Waals surface area contributed by atoms with Crippen molar-refractivity contribution in [1.29, 1.82) is 0 Å². The second kappa shape index (κ2) is 12.1. The van der Waals surface area contributed by atoms with Gasteiger partial charge in [-0.15, -0.1) is 0 Å². The van der Waals surface area contributed by atoms with Crippen molar-refractivity contribution in [3.05, 3.63) is 22.2 Å². The van der Waals surface area contributed by atoms with Gasteiger partial charge in [0.2, 0.25) is 0 Å². The van der Waals surface area contributed by atoms with E-state index in [9.17, 15) is 4.57 Å². The molecule has 0 aliphatic rings. The average molecular weight is 465 g/mol. The fourth-order valence-corrected chi connectivity index (χ4v) is 5.25. The lowest BCUT2D eigenvalue weighted by Gasteiger charge is -2.24. The van der Waals surface area contributed by atoms with E-state index in [1.807, 2.05) is 39.8 Å². The summed E-state index contributed by atoms with van der Waals surface area (Å²) in [6.45, 7) is 10.2. The van der Waals surface area contributed by atoms with Crippen LogP contribution in [0, 0.1) is 0 Å². The third-order valence-electron chi connectivity index (χ3n) is 3.70. The first-order valence-corrected chi connectivity index (χ1v) is 12.2. The highest BCUT2D eigenvalue weighted by Gasteiger charge is 2.30. The van der Waals surface area contributed by atoms with Crippen molar-refractivity contribution in [2.45, 2.75) is 78.7 Å². The number of rotatable bonds is 13. The van der Waals surface area contributed by atoms with Crippen molar-refractivity contribution in [1.82, 2.24) is 0 Å². The van der Waals surface area contributed by atoms with Gasteiger partial charge in [0.1, 0.15) is 11.5 Å². The summed E-state index contributed by atoms with van der Waals surface area (Å²) < 4.78 is 36.8. The molecule has 156 valence electrons. The maximum atomic E-state index is 13.2. The summed E-state index contributed by atoms with van der Waals surface area (Å²) in [5.41, 5.74) is 0.744. The Hall–Kier alpha value is -0.550. The summed E-state index contributed by atoms with van der Waals surface area (Å²) >= 11 is 3.53. The Bertz CT molecular complexity index is 605. The molecular formula is C20H34BrO5P. The number of halogens is 1. The van der Waals surface area contributed by atoms with Gasteiger partial charge in [-0.3, -0.25) is 4.57 Å². The second-order valence-corrected chi connectivity index (χ2v) is 9.89. The van der Waals surface area contributed by atoms with Crippen LogP contribution in [0.4, 0.5) is 0 Å². The molecule has 7 heteroatoms. The maximum Gasteiger partial charge on any atom is 0.335 e. The predicted molar refractivity (Wildman–Crippen MR) is 114 cm³/mol. The minimum absolute atomic E-state index is 0.131. The quantitative estimate of drug-likeness (QED) is 0.233.